The van der Waals surface area contributed by atoms with Gasteiger partial charge in [0.1, 0.15) is 6.67 Å². The van der Waals surface area contributed by atoms with Gasteiger partial charge in [-0.3, -0.25) is 14.6 Å². The van der Waals surface area contributed by atoms with Crippen molar-refractivity contribution >= 4 is 11.8 Å². The highest BCUT2D eigenvalue weighted by atomic mass is 16.2. The van der Waals surface area contributed by atoms with Gasteiger partial charge >= 0.3 is 0 Å². The van der Waals surface area contributed by atoms with Crippen LogP contribution in [-0.2, 0) is 9.59 Å². The Bertz CT molecular complexity index is 274. The lowest BCUT2D eigenvalue weighted by atomic mass is 10.1. The number of nitrogens with two attached hydrogens (primary N) is 1. The second kappa shape index (κ2) is 6.78. The molecule has 15 heavy (non-hydrogen) atoms. The molecular formula is C10H17N3O2. The maximum absolute atomic E-state index is 11.4. The molecule has 0 atom stereocenters. The van der Waals surface area contributed by atoms with Crippen molar-refractivity contribution < 1.29 is 9.59 Å². The van der Waals surface area contributed by atoms with Gasteiger partial charge in [-0.2, -0.15) is 0 Å². The van der Waals surface area contributed by atoms with Gasteiger partial charge in [0.15, 0.2) is 0 Å². The van der Waals surface area contributed by atoms with Crippen LogP contribution in [0.3, 0.4) is 0 Å². The van der Waals surface area contributed by atoms with Crippen molar-refractivity contribution in [2.75, 3.05) is 6.67 Å². The van der Waals surface area contributed by atoms with E-state index >= 15 is 0 Å². The molecule has 0 rings (SSSR count). The maximum atomic E-state index is 11.4. The number of carbonyl (C=O) groups excluding carboxylic acids is 2. The van der Waals surface area contributed by atoms with Gasteiger partial charge in [-0.1, -0.05) is 25.7 Å². The smallest absolute Gasteiger partial charge is 0.244 e. The van der Waals surface area contributed by atoms with E-state index in [1.807, 2.05) is 6.92 Å². The molecule has 0 bridgehead atoms. The molecule has 84 valence electrons. The molecule has 0 heterocycles. The predicted molar refractivity (Wildman–Crippen MR) is 58.3 cm³/mol. The molecule has 0 saturated carbocycles. The third-order valence-corrected chi connectivity index (χ3v) is 1.83. The minimum atomic E-state index is -0.368. The topological polar surface area (TPSA) is 75.4 Å². The monoisotopic (exact) mass is 211 g/mol. The first-order chi connectivity index (χ1) is 7.01. The summed E-state index contributed by atoms with van der Waals surface area (Å²) in [7, 11) is 0. The number of rotatable bonds is 6. The molecular weight excluding hydrogens is 194 g/mol. The molecule has 0 aromatic rings. The van der Waals surface area contributed by atoms with Crippen LogP contribution in [0, 0.1) is 0 Å². The molecule has 0 saturated heterocycles. The Labute approximate surface area is 89.6 Å². The summed E-state index contributed by atoms with van der Waals surface area (Å²) in [6, 6.07) is 0. The number of hydrogen-bond acceptors (Lipinski definition) is 3. The number of nitrogens with one attached hydrogen (secondary N) is 1. The van der Waals surface area contributed by atoms with Crippen LogP contribution in [0.15, 0.2) is 24.8 Å². The molecule has 0 radical (unpaired) electrons. The summed E-state index contributed by atoms with van der Waals surface area (Å²) >= 11 is 0. The summed E-state index contributed by atoms with van der Waals surface area (Å²) in [4.78, 5) is 22.2. The van der Waals surface area contributed by atoms with Crippen molar-refractivity contribution in [2.45, 2.75) is 19.8 Å². The van der Waals surface area contributed by atoms with Gasteiger partial charge in [0, 0.05) is 6.42 Å². The first kappa shape index (κ1) is 13.4. The Kier molecular flexibility index (Phi) is 6.05. The Morgan fingerprint density at radius 2 is 2.13 bits per heavy atom. The Morgan fingerprint density at radius 1 is 1.53 bits per heavy atom. The minimum Gasteiger partial charge on any atom is -0.334 e. The third kappa shape index (κ3) is 5.64. The van der Waals surface area contributed by atoms with Crippen molar-refractivity contribution in [1.82, 2.24) is 10.3 Å². The van der Waals surface area contributed by atoms with E-state index < -0.39 is 0 Å². The molecule has 0 aliphatic rings. The highest BCUT2D eigenvalue weighted by Gasteiger charge is 2.10. The van der Waals surface area contributed by atoms with Gasteiger partial charge in [-0.05, 0) is 12.5 Å². The first-order valence-electron chi connectivity index (χ1n) is 4.63. The van der Waals surface area contributed by atoms with Gasteiger partial charge in [-0.15, -0.1) is 0 Å². The van der Waals surface area contributed by atoms with E-state index in [2.05, 4.69) is 18.5 Å². The van der Waals surface area contributed by atoms with Crippen LogP contribution in [-0.4, -0.2) is 23.5 Å². The van der Waals surface area contributed by atoms with E-state index in [0.717, 1.165) is 23.1 Å². The first-order valence-corrected chi connectivity index (χ1v) is 4.63. The van der Waals surface area contributed by atoms with Crippen LogP contribution < -0.4 is 11.2 Å². The molecule has 5 heteroatoms. The number of amides is 2. The Balaban J connectivity index is 3.94. The minimum absolute atomic E-state index is 0.0271. The molecule has 0 unspecified atom stereocenters. The van der Waals surface area contributed by atoms with Gasteiger partial charge in [0.05, 0.1) is 0 Å². The van der Waals surface area contributed by atoms with Crippen molar-refractivity contribution in [3.63, 3.8) is 0 Å². The van der Waals surface area contributed by atoms with Crippen LogP contribution in [0.1, 0.15) is 19.8 Å². The fraction of sp³-hybridized carbons (Fsp3) is 0.400. The zero-order valence-electron chi connectivity index (χ0n) is 8.95. The van der Waals surface area contributed by atoms with Gasteiger partial charge in [0.2, 0.25) is 11.8 Å². The number of nitrogens with zero attached hydrogens (tertiary/aromatic N) is 1. The summed E-state index contributed by atoms with van der Waals surface area (Å²) in [6.45, 7) is 8.86. The zero-order valence-corrected chi connectivity index (χ0v) is 8.95. The van der Waals surface area contributed by atoms with Crippen molar-refractivity contribution in [2.24, 2.45) is 5.84 Å². The van der Waals surface area contributed by atoms with Crippen molar-refractivity contribution in [1.29, 1.82) is 0 Å². The summed E-state index contributed by atoms with van der Waals surface area (Å²) < 4.78 is 0. The van der Waals surface area contributed by atoms with Gasteiger partial charge < -0.3 is 5.32 Å². The average Bonchev–Trinajstić information content (AvgIpc) is 2.24. The molecule has 3 N–H and O–H groups in total. The second-order valence-electron chi connectivity index (χ2n) is 3.05. The molecule has 5 nitrogen and oxygen atoms in total. The largest absolute Gasteiger partial charge is 0.334 e. The summed E-state index contributed by atoms with van der Waals surface area (Å²) in [5, 5.41) is 3.34. The van der Waals surface area contributed by atoms with E-state index in [0.29, 0.717) is 0 Å². The lowest BCUT2D eigenvalue weighted by Gasteiger charge is -2.16. The van der Waals surface area contributed by atoms with E-state index in [-0.39, 0.29) is 24.9 Å². The van der Waals surface area contributed by atoms with Crippen LogP contribution in [0.5, 0.6) is 0 Å². The normalized spacial score (nSPS) is 9.20. The molecule has 0 fully saturated rings. The van der Waals surface area contributed by atoms with Gasteiger partial charge in [-0.25, -0.2) is 5.84 Å². The van der Waals surface area contributed by atoms with E-state index in [1.165, 1.54) is 0 Å². The number of hydrazine groups is 1. The fourth-order valence-corrected chi connectivity index (χ4v) is 0.764. The maximum Gasteiger partial charge on any atom is 0.244 e. The van der Waals surface area contributed by atoms with Crippen molar-refractivity contribution in [3.05, 3.63) is 24.8 Å². The van der Waals surface area contributed by atoms with E-state index in [9.17, 15) is 9.59 Å². The SMILES string of the molecule is C=CC(=O)NCN(N)C(=O)CC(=C)CC. The Hall–Kier alpha value is -1.62. The van der Waals surface area contributed by atoms with E-state index in [1.54, 1.807) is 0 Å². The second-order valence-corrected chi connectivity index (χ2v) is 3.05. The quantitative estimate of drug-likeness (QED) is 0.166. The summed E-state index contributed by atoms with van der Waals surface area (Å²) in [5.41, 5.74) is 0.811. The molecule has 0 aromatic carbocycles. The molecule has 0 aliphatic carbocycles. The van der Waals surface area contributed by atoms with Gasteiger partial charge in [0.25, 0.3) is 0 Å². The standard InChI is InChI=1S/C10H17N3O2/c1-4-8(3)6-10(15)13(11)7-12-9(14)5-2/h5H,2-4,6-7,11H2,1H3,(H,12,14). The van der Waals surface area contributed by atoms with Crippen LogP contribution in [0.4, 0.5) is 0 Å². The molecule has 2 amide bonds. The highest BCUT2D eigenvalue weighted by Crippen LogP contribution is 2.03. The molecule has 0 aromatic heterocycles. The van der Waals surface area contributed by atoms with Crippen LogP contribution in [0.25, 0.3) is 0 Å². The molecule has 0 aliphatic heterocycles. The van der Waals surface area contributed by atoms with Crippen LogP contribution in [0.2, 0.25) is 0 Å². The van der Waals surface area contributed by atoms with Crippen LogP contribution >= 0.6 is 0 Å². The number of carbonyl (C=O) groups is 2. The lowest BCUT2D eigenvalue weighted by molar-refractivity contribution is -0.131. The summed E-state index contributed by atoms with van der Waals surface area (Å²) in [6.07, 6.45) is 2.05. The zero-order chi connectivity index (χ0) is 11.8. The van der Waals surface area contributed by atoms with Crippen molar-refractivity contribution in [3.8, 4) is 0 Å². The van der Waals surface area contributed by atoms with E-state index in [4.69, 9.17) is 5.84 Å². The fourth-order valence-electron chi connectivity index (χ4n) is 0.764. The average molecular weight is 211 g/mol. The molecule has 0 spiro atoms. The number of hydrogen-bond donors (Lipinski definition) is 2. The third-order valence-electron chi connectivity index (χ3n) is 1.83. The predicted octanol–water partition coefficient (Wildman–Crippen LogP) is 0.305. The summed E-state index contributed by atoms with van der Waals surface area (Å²) in [5.74, 6) is 4.78. The lowest BCUT2D eigenvalue weighted by Crippen LogP contribution is -2.45. The highest BCUT2D eigenvalue weighted by molar-refractivity contribution is 5.87. The Morgan fingerprint density at radius 3 is 2.60 bits per heavy atom.